The highest BCUT2D eigenvalue weighted by Gasteiger charge is 2.14. The second-order valence-electron chi connectivity index (χ2n) is 2.80. The molecule has 1 saturated heterocycles. The van der Waals surface area contributed by atoms with Crippen molar-refractivity contribution in [2.24, 2.45) is 0 Å². The van der Waals surface area contributed by atoms with Crippen LogP contribution in [-0.2, 0) is 4.74 Å². The molecule has 0 unspecified atom stereocenters. The Labute approximate surface area is 62.3 Å². The summed E-state index contributed by atoms with van der Waals surface area (Å²) in [4.78, 5) is 2.11. The predicted octanol–water partition coefficient (Wildman–Crippen LogP) is -0.300. The predicted molar refractivity (Wildman–Crippen MR) is 40.6 cm³/mol. The monoisotopic (exact) mass is 143 g/mol. The van der Waals surface area contributed by atoms with Gasteiger partial charge in [0.2, 0.25) is 0 Å². The highest BCUT2D eigenvalue weighted by molar-refractivity contribution is 4.86. The molecule has 1 N–H and O–H groups in total. The van der Waals surface area contributed by atoms with Crippen LogP contribution in [0.2, 0.25) is 0 Å². The van der Waals surface area contributed by atoms with Gasteiger partial charge in [0.05, 0.1) is 6.61 Å². The molecule has 1 radical (unpaired) electrons. The molecule has 0 amide bonds. The maximum atomic E-state index is 5.40. The zero-order chi connectivity index (χ0) is 7.40. The minimum atomic E-state index is 0.823. The van der Waals surface area contributed by atoms with E-state index in [1.165, 1.54) is 0 Å². The van der Waals surface area contributed by atoms with E-state index in [0.29, 0.717) is 0 Å². The summed E-state index contributed by atoms with van der Waals surface area (Å²) in [5.41, 5.74) is 0. The summed E-state index contributed by atoms with van der Waals surface area (Å²) < 4.78 is 5.40. The average Bonchev–Trinajstić information content (AvgIpc) is 1.88. The zero-order valence-electron chi connectivity index (χ0n) is 6.68. The van der Waals surface area contributed by atoms with Crippen molar-refractivity contribution in [2.75, 3.05) is 40.3 Å². The van der Waals surface area contributed by atoms with Crippen molar-refractivity contribution in [3.8, 4) is 0 Å². The van der Waals surface area contributed by atoms with Crippen LogP contribution in [0.1, 0.15) is 0 Å². The van der Waals surface area contributed by atoms with Gasteiger partial charge < -0.3 is 15.0 Å². The third kappa shape index (κ3) is 2.64. The number of nitrogens with one attached hydrogen (secondary N) is 1. The van der Waals surface area contributed by atoms with Gasteiger partial charge in [0.1, 0.15) is 6.10 Å². The van der Waals surface area contributed by atoms with E-state index in [2.05, 4.69) is 10.2 Å². The third-order valence-electron chi connectivity index (χ3n) is 1.40. The topological polar surface area (TPSA) is 24.5 Å². The van der Waals surface area contributed by atoms with E-state index in [0.717, 1.165) is 32.3 Å². The molecule has 1 aliphatic heterocycles. The van der Waals surface area contributed by atoms with Crippen LogP contribution >= 0.6 is 0 Å². The van der Waals surface area contributed by atoms with Crippen LogP contribution in [0.4, 0.5) is 0 Å². The molecule has 59 valence electrons. The number of rotatable bonds is 2. The molecule has 1 aliphatic rings. The van der Waals surface area contributed by atoms with Gasteiger partial charge in [-0.3, -0.25) is 0 Å². The van der Waals surface area contributed by atoms with Crippen molar-refractivity contribution in [3.63, 3.8) is 0 Å². The Morgan fingerprint density at radius 3 is 2.90 bits per heavy atom. The molecule has 0 bridgehead atoms. The zero-order valence-corrected chi connectivity index (χ0v) is 6.68. The Kier molecular flexibility index (Phi) is 3.12. The van der Waals surface area contributed by atoms with Crippen molar-refractivity contribution in [1.82, 2.24) is 10.2 Å². The Hall–Kier alpha value is -0.120. The fraction of sp³-hybridized carbons (Fsp3) is 0.857. The van der Waals surface area contributed by atoms with E-state index >= 15 is 0 Å². The van der Waals surface area contributed by atoms with Gasteiger partial charge in [0, 0.05) is 19.6 Å². The summed E-state index contributed by atoms with van der Waals surface area (Å²) in [6.45, 7) is 3.66. The number of hydrogen-bond acceptors (Lipinski definition) is 3. The second-order valence-corrected chi connectivity index (χ2v) is 2.80. The summed E-state index contributed by atoms with van der Waals surface area (Å²) in [5, 5.41) is 3.25. The smallest absolute Gasteiger partial charge is 0.124 e. The fourth-order valence-electron chi connectivity index (χ4n) is 1.00. The fourth-order valence-corrected chi connectivity index (χ4v) is 1.00. The molecule has 0 aromatic heterocycles. The molecule has 10 heavy (non-hydrogen) atoms. The molecule has 0 aromatic carbocycles. The molecule has 0 spiro atoms. The lowest BCUT2D eigenvalue weighted by Crippen LogP contribution is -2.38. The SMILES string of the molecule is CN(C)C[C]1CNCCO1. The van der Waals surface area contributed by atoms with Crippen LogP contribution in [0.15, 0.2) is 0 Å². The van der Waals surface area contributed by atoms with Crippen LogP contribution in [0, 0.1) is 6.10 Å². The normalized spacial score (nSPS) is 21.9. The van der Waals surface area contributed by atoms with Crippen molar-refractivity contribution in [1.29, 1.82) is 0 Å². The van der Waals surface area contributed by atoms with Gasteiger partial charge in [-0.25, -0.2) is 0 Å². The summed E-state index contributed by atoms with van der Waals surface area (Å²) in [5.74, 6) is 0. The largest absolute Gasteiger partial charge is 0.368 e. The molecule has 1 fully saturated rings. The highest BCUT2D eigenvalue weighted by Crippen LogP contribution is 2.04. The van der Waals surface area contributed by atoms with Gasteiger partial charge >= 0.3 is 0 Å². The third-order valence-corrected chi connectivity index (χ3v) is 1.40. The van der Waals surface area contributed by atoms with Crippen molar-refractivity contribution >= 4 is 0 Å². The lowest BCUT2D eigenvalue weighted by Gasteiger charge is -2.24. The molecule has 3 nitrogen and oxygen atoms in total. The van der Waals surface area contributed by atoms with Gasteiger partial charge in [-0.1, -0.05) is 0 Å². The van der Waals surface area contributed by atoms with Crippen molar-refractivity contribution < 1.29 is 4.74 Å². The van der Waals surface area contributed by atoms with Crippen LogP contribution < -0.4 is 5.32 Å². The van der Waals surface area contributed by atoms with Gasteiger partial charge in [-0.2, -0.15) is 0 Å². The van der Waals surface area contributed by atoms with Crippen LogP contribution in [0.25, 0.3) is 0 Å². The van der Waals surface area contributed by atoms with E-state index in [1.54, 1.807) is 0 Å². The maximum absolute atomic E-state index is 5.40. The molecule has 0 aromatic rings. The van der Waals surface area contributed by atoms with E-state index < -0.39 is 0 Å². The number of morpholine rings is 1. The Morgan fingerprint density at radius 1 is 1.60 bits per heavy atom. The van der Waals surface area contributed by atoms with E-state index in [-0.39, 0.29) is 0 Å². The second kappa shape index (κ2) is 3.91. The van der Waals surface area contributed by atoms with Crippen LogP contribution in [-0.4, -0.2) is 45.2 Å². The number of likely N-dealkylation sites (N-methyl/N-ethyl adjacent to an activating group) is 1. The first-order valence-corrected chi connectivity index (χ1v) is 3.62. The van der Waals surface area contributed by atoms with Crippen LogP contribution in [0.5, 0.6) is 0 Å². The standard InChI is InChI=1S/C7H15N2O/c1-9(2)6-7-5-8-3-4-10-7/h8H,3-6H2,1-2H3. The van der Waals surface area contributed by atoms with Gasteiger partial charge in [0.15, 0.2) is 0 Å². The van der Waals surface area contributed by atoms with Crippen molar-refractivity contribution in [2.45, 2.75) is 0 Å². The van der Waals surface area contributed by atoms with E-state index in [4.69, 9.17) is 4.74 Å². The van der Waals surface area contributed by atoms with Gasteiger partial charge in [-0.15, -0.1) is 0 Å². The Balaban J connectivity index is 2.13. The molecule has 1 rings (SSSR count). The van der Waals surface area contributed by atoms with E-state index in [9.17, 15) is 0 Å². The molecular weight excluding hydrogens is 128 g/mol. The van der Waals surface area contributed by atoms with Crippen molar-refractivity contribution in [3.05, 3.63) is 6.10 Å². The summed E-state index contributed by atoms with van der Waals surface area (Å²) in [7, 11) is 4.09. The first kappa shape index (κ1) is 7.98. The summed E-state index contributed by atoms with van der Waals surface area (Å²) >= 11 is 0. The molecule has 3 heteroatoms. The molecule has 1 heterocycles. The first-order valence-electron chi connectivity index (χ1n) is 3.62. The Morgan fingerprint density at radius 2 is 2.40 bits per heavy atom. The van der Waals surface area contributed by atoms with Gasteiger partial charge in [-0.05, 0) is 14.1 Å². The molecule has 0 saturated carbocycles. The number of ether oxygens (including phenoxy) is 1. The lowest BCUT2D eigenvalue weighted by atomic mass is 10.3. The van der Waals surface area contributed by atoms with Crippen LogP contribution in [0.3, 0.4) is 0 Å². The minimum absolute atomic E-state index is 0.823. The molecular formula is C7H15N2O. The Bertz CT molecular complexity index is 89.6. The minimum Gasteiger partial charge on any atom is -0.368 e. The quantitative estimate of drug-likeness (QED) is 0.574. The summed E-state index contributed by atoms with van der Waals surface area (Å²) in [6.07, 6.45) is 1.15. The number of nitrogens with zero attached hydrogens (tertiary/aromatic N) is 1. The number of hydrogen-bond donors (Lipinski definition) is 1. The molecule has 0 aliphatic carbocycles. The first-order chi connectivity index (χ1) is 4.79. The highest BCUT2D eigenvalue weighted by atomic mass is 16.5. The maximum Gasteiger partial charge on any atom is 0.124 e. The summed E-state index contributed by atoms with van der Waals surface area (Å²) in [6, 6.07) is 0. The lowest BCUT2D eigenvalue weighted by molar-refractivity contribution is 0.0930. The average molecular weight is 143 g/mol. The molecule has 0 atom stereocenters. The van der Waals surface area contributed by atoms with Gasteiger partial charge in [0.25, 0.3) is 0 Å². The van der Waals surface area contributed by atoms with E-state index in [1.807, 2.05) is 14.1 Å².